The second-order valence-electron chi connectivity index (χ2n) is 10.6. The van der Waals surface area contributed by atoms with Crippen LogP contribution in [0.2, 0.25) is 0 Å². The van der Waals surface area contributed by atoms with Gasteiger partial charge < -0.3 is 9.32 Å². The Morgan fingerprint density at radius 3 is 1.64 bits per heavy atom. The number of hydrogen-bond donors (Lipinski definition) is 0. The van der Waals surface area contributed by atoms with Gasteiger partial charge in [-0.25, -0.2) is 0 Å². The van der Waals surface area contributed by atoms with E-state index in [9.17, 15) is 0 Å². The lowest BCUT2D eigenvalue weighted by atomic mass is 9.98. The SMILES string of the molecule is c1ccc(-c2ccc(N(c3ccccc3)c3c(-c4ccccc4)ccc4c3oc3c5ccccc5ccc43)cc2)cc1. The van der Waals surface area contributed by atoms with Gasteiger partial charge in [-0.3, -0.25) is 0 Å². The molecule has 0 unspecified atom stereocenters. The second-order valence-corrected chi connectivity index (χ2v) is 10.6. The summed E-state index contributed by atoms with van der Waals surface area (Å²) >= 11 is 0. The number of rotatable bonds is 5. The molecule has 0 aliphatic carbocycles. The zero-order valence-electron chi connectivity index (χ0n) is 22.9. The van der Waals surface area contributed by atoms with E-state index in [1.165, 1.54) is 16.5 Å². The minimum atomic E-state index is 0.874. The van der Waals surface area contributed by atoms with E-state index in [4.69, 9.17) is 4.42 Å². The Hall–Kier alpha value is -5.60. The van der Waals surface area contributed by atoms with Crippen LogP contribution in [0.25, 0.3) is 55.0 Å². The molecule has 1 heterocycles. The van der Waals surface area contributed by atoms with Crippen molar-refractivity contribution >= 4 is 49.8 Å². The molecule has 0 spiro atoms. The minimum Gasteiger partial charge on any atom is -0.453 e. The Morgan fingerprint density at radius 1 is 0.357 bits per heavy atom. The molecule has 0 aliphatic rings. The summed E-state index contributed by atoms with van der Waals surface area (Å²) < 4.78 is 6.93. The van der Waals surface area contributed by atoms with Crippen LogP contribution in [0.1, 0.15) is 0 Å². The summed E-state index contributed by atoms with van der Waals surface area (Å²) in [5.41, 5.74) is 9.59. The number of nitrogens with zero attached hydrogens (tertiary/aromatic N) is 1. The molecule has 2 nitrogen and oxygen atoms in total. The van der Waals surface area contributed by atoms with E-state index < -0.39 is 0 Å². The smallest absolute Gasteiger partial charge is 0.160 e. The average Bonchev–Trinajstić information content (AvgIpc) is 3.46. The van der Waals surface area contributed by atoms with Gasteiger partial charge in [0.25, 0.3) is 0 Å². The summed E-state index contributed by atoms with van der Waals surface area (Å²) in [7, 11) is 0. The van der Waals surface area contributed by atoms with E-state index in [2.05, 4.69) is 169 Å². The van der Waals surface area contributed by atoms with Crippen LogP contribution in [0.15, 0.2) is 168 Å². The molecular weight excluding hydrogens is 510 g/mol. The first-order valence-electron chi connectivity index (χ1n) is 14.3. The van der Waals surface area contributed by atoms with Gasteiger partial charge in [0.2, 0.25) is 0 Å². The Bertz CT molecular complexity index is 2160. The minimum absolute atomic E-state index is 0.874. The van der Waals surface area contributed by atoms with Crippen LogP contribution >= 0.6 is 0 Å². The van der Waals surface area contributed by atoms with Gasteiger partial charge in [0, 0.05) is 33.1 Å². The molecule has 0 amide bonds. The van der Waals surface area contributed by atoms with E-state index in [1.54, 1.807) is 0 Å². The Balaban J connectivity index is 1.44. The lowest BCUT2D eigenvalue weighted by molar-refractivity contribution is 0.673. The molecule has 42 heavy (non-hydrogen) atoms. The van der Waals surface area contributed by atoms with Gasteiger partial charge in [-0.2, -0.15) is 0 Å². The Labute approximate surface area is 244 Å². The second kappa shape index (κ2) is 10.1. The Morgan fingerprint density at radius 2 is 0.905 bits per heavy atom. The first-order chi connectivity index (χ1) is 20.8. The third kappa shape index (κ3) is 4.05. The highest BCUT2D eigenvalue weighted by Gasteiger charge is 2.24. The first kappa shape index (κ1) is 24.2. The fourth-order valence-electron chi connectivity index (χ4n) is 6.04. The molecule has 1 aromatic heterocycles. The van der Waals surface area contributed by atoms with E-state index in [1.807, 2.05) is 0 Å². The molecule has 2 heteroatoms. The van der Waals surface area contributed by atoms with E-state index in [0.29, 0.717) is 0 Å². The highest BCUT2D eigenvalue weighted by atomic mass is 16.3. The molecule has 198 valence electrons. The van der Waals surface area contributed by atoms with E-state index in [0.717, 1.165) is 55.5 Å². The normalized spacial score (nSPS) is 11.3. The predicted molar refractivity (Wildman–Crippen MR) is 177 cm³/mol. The first-order valence-corrected chi connectivity index (χ1v) is 14.3. The van der Waals surface area contributed by atoms with Crippen LogP contribution in [-0.4, -0.2) is 0 Å². The van der Waals surface area contributed by atoms with Crippen LogP contribution in [0.5, 0.6) is 0 Å². The zero-order valence-corrected chi connectivity index (χ0v) is 22.9. The van der Waals surface area contributed by atoms with Crippen molar-refractivity contribution < 1.29 is 4.42 Å². The molecule has 0 aliphatic heterocycles. The molecule has 0 radical (unpaired) electrons. The van der Waals surface area contributed by atoms with Gasteiger partial charge >= 0.3 is 0 Å². The lowest BCUT2D eigenvalue weighted by Crippen LogP contribution is -2.11. The van der Waals surface area contributed by atoms with Crippen molar-refractivity contribution in [3.05, 3.63) is 164 Å². The molecule has 0 saturated heterocycles. The summed E-state index contributed by atoms with van der Waals surface area (Å²) in [6.45, 7) is 0. The molecule has 8 rings (SSSR count). The van der Waals surface area contributed by atoms with E-state index >= 15 is 0 Å². The van der Waals surface area contributed by atoms with Crippen molar-refractivity contribution in [1.29, 1.82) is 0 Å². The summed E-state index contributed by atoms with van der Waals surface area (Å²) in [5.74, 6) is 0. The molecule has 0 bridgehead atoms. The van der Waals surface area contributed by atoms with Crippen molar-refractivity contribution in [2.75, 3.05) is 4.90 Å². The molecule has 0 saturated carbocycles. The number of hydrogen-bond acceptors (Lipinski definition) is 2. The van der Waals surface area contributed by atoms with Crippen LogP contribution in [0.4, 0.5) is 17.1 Å². The molecule has 8 aromatic rings. The maximum atomic E-state index is 6.93. The van der Waals surface area contributed by atoms with Crippen molar-refractivity contribution in [2.45, 2.75) is 0 Å². The fourth-order valence-corrected chi connectivity index (χ4v) is 6.04. The van der Waals surface area contributed by atoms with Crippen LogP contribution < -0.4 is 4.90 Å². The van der Waals surface area contributed by atoms with Crippen molar-refractivity contribution in [3.63, 3.8) is 0 Å². The zero-order chi connectivity index (χ0) is 27.9. The monoisotopic (exact) mass is 537 g/mol. The predicted octanol–water partition coefficient (Wildman–Crippen LogP) is 11.5. The molecule has 0 N–H and O–H groups in total. The molecular formula is C40H27NO. The summed E-state index contributed by atoms with van der Waals surface area (Å²) in [6, 6.07) is 57.8. The van der Waals surface area contributed by atoms with Gasteiger partial charge in [-0.1, -0.05) is 127 Å². The number of benzene rings is 7. The third-order valence-corrected chi connectivity index (χ3v) is 8.06. The van der Waals surface area contributed by atoms with Crippen molar-refractivity contribution in [3.8, 4) is 22.3 Å². The number of fused-ring (bicyclic) bond motifs is 5. The lowest BCUT2D eigenvalue weighted by Gasteiger charge is -2.28. The standard InChI is InChI=1S/C40H27NO/c1-4-12-28(13-5-1)29-20-23-33(24-21-29)41(32-17-8-3-9-18-32)38-34(30-14-6-2-7-15-30)26-27-37-36-25-22-31-16-10-11-19-35(31)39(36)42-40(37)38/h1-27H. The van der Waals surface area contributed by atoms with Gasteiger partial charge in [-0.15, -0.1) is 0 Å². The maximum absolute atomic E-state index is 6.93. The third-order valence-electron chi connectivity index (χ3n) is 8.06. The summed E-state index contributed by atoms with van der Waals surface area (Å²) in [4.78, 5) is 2.34. The van der Waals surface area contributed by atoms with Crippen LogP contribution in [-0.2, 0) is 0 Å². The highest BCUT2D eigenvalue weighted by molar-refractivity contribution is 6.19. The number of furan rings is 1. The maximum Gasteiger partial charge on any atom is 0.160 e. The number of anilines is 3. The highest BCUT2D eigenvalue weighted by Crippen LogP contribution is 2.48. The molecule has 0 atom stereocenters. The van der Waals surface area contributed by atoms with Gasteiger partial charge in [-0.05, 0) is 58.5 Å². The quantitative estimate of drug-likeness (QED) is 0.217. The Kier molecular flexibility index (Phi) is 5.82. The summed E-state index contributed by atoms with van der Waals surface area (Å²) in [5, 5.41) is 4.52. The van der Waals surface area contributed by atoms with Crippen LogP contribution in [0, 0.1) is 0 Å². The topological polar surface area (TPSA) is 16.4 Å². The van der Waals surface area contributed by atoms with E-state index in [-0.39, 0.29) is 0 Å². The van der Waals surface area contributed by atoms with Gasteiger partial charge in [0.05, 0.1) is 5.69 Å². The fraction of sp³-hybridized carbons (Fsp3) is 0. The van der Waals surface area contributed by atoms with Gasteiger partial charge in [0.15, 0.2) is 5.58 Å². The van der Waals surface area contributed by atoms with Gasteiger partial charge in [0.1, 0.15) is 5.58 Å². The molecule has 0 fully saturated rings. The average molecular weight is 538 g/mol. The molecule has 7 aromatic carbocycles. The largest absolute Gasteiger partial charge is 0.453 e. The summed E-state index contributed by atoms with van der Waals surface area (Å²) in [6.07, 6.45) is 0. The number of para-hydroxylation sites is 1. The van der Waals surface area contributed by atoms with Crippen molar-refractivity contribution in [1.82, 2.24) is 0 Å². The van der Waals surface area contributed by atoms with Crippen LogP contribution in [0.3, 0.4) is 0 Å². The van der Waals surface area contributed by atoms with Crippen molar-refractivity contribution in [2.24, 2.45) is 0 Å².